The van der Waals surface area contributed by atoms with Crippen LogP contribution in [0.5, 0.6) is 0 Å². The Bertz CT molecular complexity index is 1590. The first-order valence-corrected chi connectivity index (χ1v) is 13.6. The van der Waals surface area contributed by atoms with Gasteiger partial charge >= 0.3 is 0 Å². The van der Waals surface area contributed by atoms with E-state index in [0.717, 1.165) is 43.9 Å². The molecule has 0 aliphatic rings. The fourth-order valence-corrected chi connectivity index (χ4v) is 4.80. The van der Waals surface area contributed by atoms with Gasteiger partial charge in [-0.2, -0.15) is 0 Å². The molecule has 5 rings (SSSR count). The molecule has 40 heavy (non-hydrogen) atoms. The van der Waals surface area contributed by atoms with Gasteiger partial charge in [-0.05, 0) is 95.3 Å². The van der Waals surface area contributed by atoms with Gasteiger partial charge in [0.2, 0.25) is 0 Å². The van der Waals surface area contributed by atoms with E-state index in [1.165, 1.54) is 11.1 Å². The van der Waals surface area contributed by atoms with Crippen molar-refractivity contribution in [1.29, 1.82) is 0 Å². The maximum atomic E-state index is 10.9. The highest BCUT2D eigenvalue weighted by atomic mass is 35.5. The molecule has 1 aromatic heterocycles. The Morgan fingerprint density at radius 2 is 1.32 bits per heavy atom. The zero-order chi connectivity index (χ0) is 29.4. The molecular formula is C34H34Cl2N2O2. The minimum Gasteiger partial charge on any atom is -0.398 e. The third-order valence-corrected chi connectivity index (χ3v) is 6.82. The van der Waals surface area contributed by atoms with Crippen molar-refractivity contribution in [2.75, 3.05) is 5.73 Å². The molecule has 0 radical (unpaired) electrons. The van der Waals surface area contributed by atoms with Crippen LogP contribution in [0.25, 0.3) is 22.2 Å². The number of Topliss-reactive ketones (excluding diaryl/α,β-unsaturated/α-hetero) is 1. The van der Waals surface area contributed by atoms with Crippen LogP contribution in [0.2, 0.25) is 10.0 Å². The zero-order valence-corrected chi connectivity index (χ0v) is 24.9. The number of carbonyl (C=O) groups is 1. The Morgan fingerprint density at radius 3 is 1.85 bits per heavy atom. The fourth-order valence-electron chi connectivity index (χ4n) is 4.32. The lowest BCUT2D eigenvalue weighted by molar-refractivity contribution is 0.101. The molecule has 5 aromatic rings. The Morgan fingerprint density at radius 1 is 0.775 bits per heavy atom. The van der Waals surface area contributed by atoms with E-state index in [2.05, 4.69) is 38.1 Å². The SMILES string of the molecule is CC(=O)c1cc(C)cc(C)c1.Cc1cc(C)cc(-c2ccc3c(Cl)cccc3n2)c1.Nc1cccc(Cl)c1CO. The van der Waals surface area contributed by atoms with Gasteiger partial charge in [0.15, 0.2) is 5.78 Å². The first kappa shape index (κ1) is 30.8. The Balaban J connectivity index is 0.000000180. The largest absolute Gasteiger partial charge is 0.398 e. The third-order valence-electron chi connectivity index (χ3n) is 6.14. The van der Waals surface area contributed by atoms with Gasteiger partial charge < -0.3 is 10.8 Å². The van der Waals surface area contributed by atoms with Crippen molar-refractivity contribution in [3.63, 3.8) is 0 Å². The van der Waals surface area contributed by atoms with Gasteiger partial charge in [0.25, 0.3) is 0 Å². The number of rotatable bonds is 3. The van der Waals surface area contributed by atoms with Gasteiger partial charge in [-0.25, -0.2) is 4.98 Å². The van der Waals surface area contributed by atoms with Gasteiger partial charge in [0.1, 0.15) is 0 Å². The lowest BCUT2D eigenvalue weighted by Gasteiger charge is -2.06. The minimum absolute atomic E-state index is 0.106. The second kappa shape index (κ2) is 14.1. The van der Waals surface area contributed by atoms with E-state index in [0.29, 0.717) is 16.3 Å². The van der Waals surface area contributed by atoms with E-state index >= 15 is 0 Å². The van der Waals surface area contributed by atoms with Crippen LogP contribution in [0.1, 0.15) is 45.1 Å². The van der Waals surface area contributed by atoms with Crippen molar-refractivity contribution in [1.82, 2.24) is 4.98 Å². The number of anilines is 1. The number of benzene rings is 4. The summed E-state index contributed by atoms with van der Waals surface area (Å²) >= 11 is 11.9. The summed E-state index contributed by atoms with van der Waals surface area (Å²) < 4.78 is 0. The van der Waals surface area contributed by atoms with Crippen LogP contribution in [-0.4, -0.2) is 15.9 Å². The maximum absolute atomic E-state index is 10.9. The number of pyridine rings is 1. The second-order valence-electron chi connectivity index (χ2n) is 9.78. The number of aliphatic hydroxyl groups excluding tert-OH is 1. The van der Waals surface area contributed by atoms with E-state index in [9.17, 15) is 4.79 Å². The molecule has 0 unspecified atom stereocenters. The van der Waals surface area contributed by atoms with Crippen LogP contribution in [0, 0.1) is 27.7 Å². The Hall–Kier alpha value is -3.70. The van der Waals surface area contributed by atoms with Crippen molar-refractivity contribution in [2.45, 2.75) is 41.2 Å². The number of hydrogen-bond acceptors (Lipinski definition) is 4. The number of carbonyl (C=O) groups excluding carboxylic acids is 1. The summed E-state index contributed by atoms with van der Waals surface area (Å²) in [5.41, 5.74) is 15.3. The number of nitrogens with two attached hydrogens (primary N) is 1. The molecule has 206 valence electrons. The number of halogens is 2. The van der Waals surface area contributed by atoms with Gasteiger partial charge in [0.05, 0.1) is 17.8 Å². The van der Waals surface area contributed by atoms with Crippen LogP contribution < -0.4 is 5.73 Å². The number of nitrogen functional groups attached to an aromatic ring is 1. The molecule has 4 aromatic carbocycles. The lowest BCUT2D eigenvalue weighted by Crippen LogP contribution is -1.93. The predicted octanol–water partition coefficient (Wildman–Crippen LogP) is 9.09. The van der Waals surface area contributed by atoms with E-state index < -0.39 is 0 Å². The Kier molecular flexibility index (Phi) is 10.9. The molecule has 0 atom stereocenters. The number of fused-ring (bicyclic) bond motifs is 1. The van der Waals surface area contributed by atoms with Crippen LogP contribution in [0.3, 0.4) is 0 Å². The van der Waals surface area contributed by atoms with E-state index in [1.54, 1.807) is 25.1 Å². The van der Waals surface area contributed by atoms with Gasteiger partial charge in [-0.1, -0.05) is 69.7 Å². The van der Waals surface area contributed by atoms with Gasteiger partial charge in [-0.3, -0.25) is 4.79 Å². The smallest absolute Gasteiger partial charge is 0.159 e. The quantitative estimate of drug-likeness (QED) is 0.167. The summed E-state index contributed by atoms with van der Waals surface area (Å²) in [6.45, 7) is 9.70. The van der Waals surface area contributed by atoms with Crippen LogP contribution in [0.4, 0.5) is 5.69 Å². The number of aliphatic hydroxyl groups is 1. The number of nitrogens with zero attached hydrogens (tertiary/aromatic N) is 1. The lowest BCUT2D eigenvalue weighted by atomic mass is 10.0. The fraction of sp³-hybridized carbons (Fsp3) is 0.176. The third kappa shape index (κ3) is 8.40. The van der Waals surface area contributed by atoms with Gasteiger partial charge in [-0.15, -0.1) is 0 Å². The number of hydrogen-bond donors (Lipinski definition) is 2. The molecule has 0 amide bonds. The number of ketones is 1. The first-order valence-electron chi connectivity index (χ1n) is 12.9. The highest BCUT2D eigenvalue weighted by Gasteiger charge is 2.05. The topological polar surface area (TPSA) is 76.2 Å². The van der Waals surface area contributed by atoms with Crippen LogP contribution >= 0.6 is 23.2 Å². The molecule has 1 heterocycles. The molecule has 0 aliphatic heterocycles. The molecular weight excluding hydrogens is 539 g/mol. The molecule has 3 N–H and O–H groups in total. The first-order chi connectivity index (χ1) is 19.0. The monoisotopic (exact) mass is 572 g/mol. The number of aromatic nitrogens is 1. The molecule has 0 saturated heterocycles. The molecule has 0 saturated carbocycles. The number of aryl methyl sites for hydroxylation is 4. The standard InChI is InChI=1S/C17H14ClN.C10H12O.C7H8ClNO/c1-11-8-12(2)10-13(9-11)16-7-6-14-15(18)4-3-5-17(14)19-16;1-7-4-8(2)6-10(5-7)9(3)11;8-6-2-1-3-7(9)5(6)4-10/h3-10H,1-2H3;4-6H,1-3H3;1-3,10H,4,9H2. The maximum Gasteiger partial charge on any atom is 0.159 e. The van der Waals surface area contributed by atoms with E-state index in [1.807, 2.05) is 56.3 Å². The van der Waals surface area contributed by atoms with Crippen molar-refractivity contribution in [3.05, 3.63) is 128 Å². The highest BCUT2D eigenvalue weighted by Crippen LogP contribution is 2.27. The molecule has 4 nitrogen and oxygen atoms in total. The highest BCUT2D eigenvalue weighted by molar-refractivity contribution is 6.35. The van der Waals surface area contributed by atoms with Crippen LogP contribution in [-0.2, 0) is 6.61 Å². The van der Waals surface area contributed by atoms with E-state index in [-0.39, 0.29) is 12.4 Å². The van der Waals surface area contributed by atoms with Gasteiger partial charge in [0, 0.05) is 37.8 Å². The van der Waals surface area contributed by atoms with E-state index in [4.69, 9.17) is 39.0 Å². The average Bonchev–Trinajstić information content (AvgIpc) is 2.88. The summed E-state index contributed by atoms with van der Waals surface area (Å²) in [7, 11) is 0. The van der Waals surface area contributed by atoms with Crippen molar-refractivity contribution in [3.8, 4) is 11.3 Å². The van der Waals surface area contributed by atoms with Crippen molar-refractivity contribution >= 4 is 45.6 Å². The molecule has 0 spiro atoms. The summed E-state index contributed by atoms with van der Waals surface area (Å²) in [6, 6.07) is 27.4. The van der Waals surface area contributed by atoms with Crippen molar-refractivity contribution < 1.29 is 9.90 Å². The summed E-state index contributed by atoms with van der Waals surface area (Å²) in [5.74, 6) is 0.136. The molecule has 0 bridgehead atoms. The zero-order valence-electron chi connectivity index (χ0n) is 23.4. The summed E-state index contributed by atoms with van der Waals surface area (Å²) in [5, 5.41) is 11.0. The average molecular weight is 574 g/mol. The minimum atomic E-state index is -0.106. The Labute approximate surface area is 246 Å². The molecule has 0 fully saturated rings. The van der Waals surface area contributed by atoms with Crippen LogP contribution in [0.15, 0.2) is 84.9 Å². The molecule has 0 aliphatic carbocycles. The summed E-state index contributed by atoms with van der Waals surface area (Å²) in [6.07, 6.45) is 0. The van der Waals surface area contributed by atoms with Crippen molar-refractivity contribution in [2.24, 2.45) is 0 Å². The predicted molar refractivity (Wildman–Crippen MR) is 169 cm³/mol. The second-order valence-corrected chi connectivity index (χ2v) is 10.6. The molecule has 6 heteroatoms. The summed E-state index contributed by atoms with van der Waals surface area (Å²) in [4.78, 5) is 15.7. The normalized spacial score (nSPS) is 10.3.